The zero-order valence-corrected chi connectivity index (χ0v) is 18.8. The Morgan fingerprint density at radius 2 is 1.72 bits per heavy atom. The summed E-state index contributed by atoms with van der Waals surface area (Å²) in [5.74, 6) is 0.314. The van der Waals surface area contributed by atoms with Crippen molar-refractivity contribution in [2.24, 2.45) is 0 Å². The number of carbonyl (C=O) groups excluding carboxylic acids is 2. The van der Waals surface area contributed by atoms with Crippen LogP contribution in [0, 0.1) is 0 Å². The maximum absolute atomic E-state index is 13.3. The number of piperidine rings is 1. The Morgan fingerprint density at radius 3 is 2.25 bits per heavy atom. The van der Waals surface area contributed by atoms with Gasteiger partial charge in [-0.1, -0.05) is 0 Å². The second kappa shape index (κ2) is 8.85. The Bertz CT molecular complexity index is 956. The van der Waals surface area contributed by atoms with Gasteiger partial charge in [0, 0.05) is 43.8 Å². The second-order valence-corrected chi connectivity index (χ2v) is 9.34. The number of amides is 2. The molecule has 32 heavy (non-hydrogen) atoms. The zero-order valence-electron chi connectivity index (χ0n) is 18.8. The van der Waals surface area contributed by atoms with Crippen molar-refractivity contribution in [3.05, 3.63) is 36.2 Å². The van der Waals surface area contributed by atoms with E-state index in [4.69, 9.17) is 9.84 Å². The monoisotopic (exact) mass is 442 g/mol. The van der Waals surface area contributed by atoms with Gasteiger partial charge in [-0.25, -0.2) is 19.7 Å². The van der Waals surface area contributed by atoms with Gasteiger partial charge in [0.2, 0.25) is 5.95 Å². The molecule has 2 aliphatic rings. The number of ether oxygens (including phenoxy) is 1. The summed E-state index contributed by atoms with van der Waals surface area (Å²) in [4.78, 5) is 42.0. The molecule has 1 saturated carbocycles. The van der Waals surface area contributed by atoms with E-state index in [9.17, 15) is 9.59 Å². The van der Waals surface area contributed by atoms with Crippen molar-refractivity contribution in [1.82, 2.24) is 29.3 Å². The molecule has 1 saturated heterocycles. The molecule has 0 atom stereocenters. The zero-order chi connectivity index (χ0) is 22.9. The van der Waals surface area contributed by atoms with Crippen LogP contribution in [0.4, 0.5) is 4.79 Å². The molecule has 1 aliphatic carbocycles. The third-order valence-electron chi connectivity index (χ3n) is 5.60. The molecule has 3 heterocycles. The number of imidazole rings is 1. The fraction of sp³-hybridized carbons (Fsp3) is 0.591. The van der Waals surface area contributed by atoms with Crippen LogP contribution >= 0.6 is 0 Å². The number of aromatic nitrogens is 4. The Hall–Kier alpha value is -3.01. The van der Waals surface area contributed by atoms with E-state index in [1.165, 1.54) is 18.7 Å². The van der Waals surface area contributed by atoms with Gasteiger partial charge < -0.3 is 19.6 Å². The van der Waals surface area contributed by atoms with Crippen molar-refractivity contribution in [2.75, 3.05) is 13.1 Å². The molecule has 4 rings (SSSR count). The van der Waals surface area contributed by atoms with Crippen LogP contribution in [0.5, 0.6) is 0 Å². The summed E-state index contributed by atoms with van der Waals surface area (Å²) < 4.78 is 7.08. The lowest BCUT2D eigenvalue weighted by Crippen LogP contribution is -2.50. The van der Waals surface area contributed by atoms with Crippen molar-refractivity contribution in [2.45, 2.75) is 70.7 Å². The Balaban J connectivity index is 1.41. The molecule has 0 aromatic carbocycles. The lowest BCUT2D eigenvalue weighted by atomic mass is 10.0. The summed E-state index contributed by atoms with van der Waals surface area (Å²) in [6, 6.07) is 0.315. The summed E-state index contributed by atoms with van der Waals surface area (Å²) in [6.45, 7) is 6.55. The van der Waals surface area contributed by atoms with Gasteiger partial charge in [0.1, 0.15) is 11.9 Å². The average molecular weight is 443 g/mol. The number of hydrogen-bond donors (Lipinski definition) is 1. The molecule has 10 heteroatoms. The normalized spacial score (nSPS) is 17.3. The summed E-state index contributed by atoms with van der Waals surface area (Å²) in [5, 5.41) is 9.16. The molecular weight excluding hydrogens is 412 g/mol. The topological polar surface area (TPSA) is 114 Å². The van der Waals surface area contributed by atoms with Gasteiger partial charge in [-0.2, -0.15) is 0 Å². The molecule has 2 fully saturated rings. The van der Waals surface area contributed by atoms with E-state index in [-0.39, 0.29) is 30.7 Å². The summed E-state index contributed by atoms with van der Waals surface area (Å²) in [5.41, 5.74) is 0.441. The number of nitrogens with zero attached hydrogens (tertiary/aromatic N) is 6. The molecule has 0 spiro atoms. The van der Waals surface area contributed by atoms with Gasteiger partial charge in [-0.15, -0.1) is 0 Å². The number of likely N-dealkylation sites (tertiary alicyclic amines) is 1. The third kappa shape index (κ3) is 5.07. The van der Waals surface area contributed by atoms with Gasteiger partial charge in [0.05, 0.1) is 17.9 Å². The predicted octanol–water partition coefficient (Wildman–Crippen LogP) is 2.16. The SMILES string of the molecule is CC(C)(C)OC(=O)N1CCC(N(C(=O)c2cnc(-n3cnc(CO)c3)nc2)C2CC2)CC1. The summed E-state index contributed by atoms with van der Waals surface area (Å²) in [6.07, 6.45) is 9.38. The van der Waals surface area contributed by atoms with Crippen LogP contribution in [-0.4, -0.2) is 77.2 Å². The summed E-state index contributed by atoms with van der Waals surface area (Å²) in [7, 11) is 0. The Morgan fingerprint density at radius 1 is 1.09 bits per heavy atom. The molecule has 2 aromatic heterocycles. The van der Waals surface area contributed by atoms with Gasteiger partial charge >= 0.3 is 6.09 Å². The van der Waals surface area contributed by atoms with E-state index < -0.39 is 5.60 Å². The number of aliphatic hydroxyl groups excluding tert-OH is 1. The van der Waals surface area contributed by atoms with E-state index in [2.05, 4.69) is 15.0 Å². The molecule has 1 N–H and O–H groups in total. The quantitative estimate of drug-likeness (QED) is 0.755. The van der Waals surface area contributed by atoms with Crippen LogP contribution in [0.2, 0.25) is 0 Å². The highest BCUT2D eigenvalue weighted by atomic mass is 16.6. The maximum Gasteiger partial charge on any atom is 0.410 e. The van der Waals surface area contributed by atoms with E-state index in [1.54, 1.807) is 15.7 Å². The van der Waals surface area contributed by atoms with Crippen molar-refractivity contribution in [1.29, 1.82) is 0 Å². The molecule has 10 nitrogen and oxygen atoms in total. The first kappa shape index (κ1) is 22.2. The predicted molar refractivity (Wildman–Crippen MR) is 115 cm³/mol. The van der Waals surface area contributed by atoms with Crippen LogP contribution in [0.1, 0.15) is 62.5 Å². The van der Waals surface area contributed by atoms with Crippen LogP contribution < -0.4 is 0 Å². The molecule has 2 aromatic rings. The Labute approximate surface area is 187 Å². The minimum atomic E-state index is -0.521. The first-order valence-corrected chi connectivity index (χ1v) is 11.0. The maximum atomic E-state index is 13.3. The number of aliphatic hydroxyl groups is 1. The number of hydrogen-bond acceptors (Lipinski definition) is 7. The minimum absolute atomic E-state index is 0.0727. The summed E-state index contributed by atoms with van der Waals surface area (Å²) >= 11 is 0. The fourth-order valence-corrected chi connectivity index (χ4v) is 3.90. The number of carbonyl (C=O) groups is 2. The first-order valence-electron chi connectivity index (χ1n) is 11.0. The van der Waals surface area contributed by atoms with E-state index in [0.29, 0.717) is 30.3 Å². The van der Waals surface area contributed by atoms with E-state index in [0.717, 1.165) is 25.7 Å². The number of rotatable bonds is 5. The van der Waals surface area contributed by atoms with Crippen molar-refractivity contribution >= 4 is 12.0 Å². The van der Waals surface area contributed by atoms with Crippen LogP contribution in [0.15, 0.2) is 24.9 Å². The van der Waals surface area contributed by atoms with Crippen LogP contribution in [0.25, 0.3) is 5.95 Å². The molecule has 1 aliphatic heterocycles. The molecule has 0 unspecified atom stereocenters. The minimum Gasteiger partial charge on any atom is -0.444 e. The third-order valence-corrected chi connectivity index (χ3v) is 5.60. The highest BCUT2D eigenvalue weighted by Crippen LogP contribution is 2.33. The van der Waals surface area contributed by atoms with Crippen LogP contribution in [-0.2, 0) is 11.3 Å². The smallest absolute Gasteiger partial charge is 0.410 e. The van der Waals surface area contributed by atoms with Gasteiger partial charge in [0.25, 0.3) is 5.91 Å². The molecule has 172 valence electrons. The fourth-order valence-electron chi connectivity index (χ4n) is 3.90. The van der Waals surface area contributed by atoms with Crippen molar-refractivity contribution in [3.8, 4) is 5.95 Å². The van der Waals surface area contributed by atoms with E-state index >= 15 is 0 Å². The van der Waals surface area contributed by atoms with Crippen molar-refractivity contribution < 1.29 is 19.4 Å². The average Bonchev–Trinajstić information content (AvgIpc) is 3.48. The molecule has 0 bridgehead atoms. The first-order chi connectivity index (χ1) is 15.2. The highest BCUT2D eigenvalue weighted by molar-refractivity contribution is 5.94. The second-order valence-electron chi connectivity index (χ2n) is 9.34. The van der Waals surface area contributed by atoms with E-state index in [1.807, 2.05) is 25.7 Å². The van der Waals surface area contributed by atoms with Crippen LogP contribution in [0.3, 0.4) is 0 Å². The lowest BCUT2D eigenvalue weighted by Gasteiger charge is -2.39. The van der Waals surface area contributed by atoms with Gasteiger partial charge in [-0.3, -0.25) is 9.36 Å². The highest BCUT2D eigenvalue weighted by Gasteiger charge is 2.40. The largest absolute Gasteiger partial charge is 0.444 e. The molecule has 2 amide bonds. The standard InChI is InChI=1S/C22H30N6O4/c1-22(2,3)32-21(31)26-8-6-18(7-9-26)28(17-4-5-17)19(30)15-10-23-20(24-11-15)27-12-16(13-29)25-14-27/h10-12,14,17-18,29H,4-9,13H2,1-3H3. The van der Waals surface area contributed by atoms with Gasteiger partial charge in [-0.05, 0) is 46.5 Å². The molecular formula is C22H30N6O4. The van der Waals surface area contributed by atoms with Crippen molar-refractivity contribution in [3.63, 3.8) is 0 Å². The van der Waals surface area contributed by atoms with Gasteiger partial charge in [0.15, 0.2) is 0 Å². The Kier molecular flexibility index (Phi) is 6.14. The lowest BCUT2D eigenvalue weighted by molar-refractivity contribution is 0.0142. The molecule has 0 radical (unpaired) electrons.